The summed E-state index contributed by atoms with van der Waals surface area (Å²) in [4.78, 5) is 9.66. The topological polar surface area (TPSA) is 81.1 Å². The van der Waals surface area contributed by atoms with E-state index in [1.54, 1.807) is 6.20 Å². The molecule has 1 unspecified atom stereocenters. The lowest BCUT2D eigenvalue weighted by Crippen LogP contribution is -2.29. The van der Waals surface area contributed by atoms with Crippen molar-refractivity contribution < 1.29 is 4.39 Å². The zero-order chi connectivity index (χ0) is 16.8. The smallest absolute Gasteiger partial charge is 0.244 e. The Labute approximate surface area is 150 Å². The Morgan fingerprint density at radius 1 is 1.50 bits per heavy atom. The Kier molecular flexibility index (Phi) is 4.01. The molecule has 0 spiro atoms. The first kappa shape index (κ1) is 15.9. The van der Waals surface area contributed by atoms with Crippen LogP contribution in [-0.2, 0) is 0 Å². The van der Waals surface area contributed by atoms with Gasteiger partial charge in [-0.2, -0.15) is 8.91 Å². The molecule has 0 aromatic carbocycles. The van der Waals surface area contributed by atoms with Crippen LogP contribution in [0.4, 0.5) is 10.2 Å². The van der Waals surface area contributed by atoms with Gasteiger partial charge in [0.15, 0.2) is 5.65 Å². The van der Waals surface area contributed by atoms with Crippen molar-refractivity contribution in [1.82, 2.24) is 24.9 Å². The van der Waals surface area contributed by atoms with Gasteiger partial charge in [0.25, 0.3) is 0 Å². The fourth-order valence-electron chi connectivity index (χ4n) is 3.09. The zero-order valence-electron chi connectivity index (χ0n) is 13.0. The molecule has 0 saturated carbocycles. The molecule has 1 aliphatic heterocycles. The van der Waals surface area contributed by atoms with Crippen molar-refractivity contribution in [2.24, 2.45) is 0 Å². The van der Waals surface area contributed by atoms with Gasteiger partial charge in [-0.15, -0.1) is 16.4 Å². The van der Waals surface area contributed by atoms with E-state index in [1.165, 1.54) is 15.9 Å². The van der Waals surface area contributed by atoms with Crippen LogP contribution < -0.4 is 11.1 Å². The molecule has 0 radical (unpaired) electrons. The minimum atomic E-state index is -0.580. The number of nitrogens with one attached hydrogen (secondary N) is 1. The minimum Gasteiger partial charge on any atom is -0.383 e. The van der Waals surface area contributed by atoms with Crippen molar-refractivity contribution in [2.75, 3.05) is 18.8 Å². The number of nitrogen functional groups attached to an aromatic ring is 1. The maximum absolute atomic E-state index is 14.5. The third-order valence-corrected chi connectivity index (χ3v) is 6.02. The summed E-state index contributed by atoms with van der Waals surface area (Å²) in [5.74, 6) is 0.0325. The fraction of sp³-hybridized carbons (Fsp3) is 0.400. The SMILES string of the molecule is Cc1ncc(-c2c(F)nn3c(N)c(Br)c(C4CCCNC4)nc23)s1. The molecule has 24 heavy (non-hydrogen) atoms. The number of halogens is 2. The van der Waals surface area contributed by atoms with Crippen LogP contribution in [0.15, 0.2) is 10.7 Å². The lowest BCUT2D eigenvalue weighted by atomic mass is 9.96. The van der Waals surface area contributed by atoms with Crippen molar-refractivity contribution in [2.45, 2.75) is 25.7 Å². The third kappa shape index (κ3) is 2.51. The van der Waals surface area contributed by atoms with Crippen LogP contribution >= 0.6 is 27.3 Å². The highest BCUT2D eigenvalue weighted by Gasteiger charge is 2.26. The van der Waals surface area contributed by atoms with Gasteiger partial charge in [-0.05, 0) is 42.2 Å². The lowest BCUT2D eigenvalue weighted by Gasteiger charge is -2.23. The molecule has 1 fully saturated rings. The highest BCUT2D eigenvalue weighted by atomic mass is 79.9. The number of anilines is 1. The van der Waals surface area contributed by atoms with Crippen molar-refractivity contribution in [3.8, 4) is 10.4 Å². The molecular weight excluding hydrogens is 395 g/mol. The molecule has 9 heteroatoms. The van der Waals surface area contributed by atoms with Crippen LogP contribution in [0.1, 0.15) is 29.5 Å². The molecule has 6 nitrogen and oxygen atoms in total. The van der Waals surface area contributed by atoms with Gasteiger partial charge in [-0.25, -0.2) is 9.97 Å². The standard InChI is InChI=1S/C15H16BrFN6S/c1-7-20-6-9(24-7)10-13(17)22-23-14(18)11(16)12(21-15(10)23)8-3-2-4-19-5-8/h6,8,19H,2-5,18H2,1H3. The molecule has 1 atom stereocenters. The number of aryl methyl sites for hydroxylation is 1. The van der Waals surface area contributed by atoms with Crippen LogP contribution in [-0.4, -0.2) is 32.7 Å². The summed E-state index contributed by atoms with van der Waals surface area (Å²) in [5, 5.41) is 8.18. The maximum Gasteiger partial charge on any atom is 0.244 e. The van der Waals surface area contributed by atoms with Crippen LogP contribution in [0.3, 0.4) is 0 Å². The van der Waals surface area contributed by atoms with E-state index in [0.717, 1.165) is 36.6 Å². The van der Waals surface area contributed by atoms with Crippen LogP contribution in [0.25, 0.3) is 16.1 Å². The number of fused-ring (bicyclic) bond motifs is 1. The first-order chi connectivity index (χ1) is 11.6. The van der Waals surface area contributed by atoms with Gasteiger partial charge in [-0.1, -0.05) is 0 Å². The van der Waals surface area contributed by atoms with E-state index < -0.39 is 5.95 Å². The summed E-state index contributed by atoms with van der Waals surface area (Å²) in [6.45, 7) is 3.74. The van der Waals surface area contributed by atoms with Gasteiger partial charge < -0.3 is 11.1 Å². The monoisotopic (exact) mass is 410 g/mol. The number of thiazole rings is 1. The predicted octanol–water partition coefficient (Wildman–Crippen LogP) is 3.11. The van der Waals surface area contributed by atoms with Crippen molar-refractivity contribution in [3.63, 3.8) is 0 Å². The molecular formula is C15H16BrFN6S. The molecule has 0 amide bonds. The van der Waals surface area contributed by atoms with Gasteiger partial charge in [0.2, 0.25) is 5.95 Å². The molecule has 3 aromatic rings. The third-order valence-electron chi connectivity index (χ3n) is 4.27. The Balaban J connectivity index is 1.94. The predicted molar refractivity (Wildman–Crippen MR) is 95.7 cm³/mol. The quantitative estimate of drug-likeness (QED) is 0.678. The van der Waals surface area contributed by atoms with Crippen molar-refractivity contribution >= 4 is 38.7 Å². The largest absolute Gasteiger partial charge is 0.383 e. The molecule has 0 bridgehead atoms. The average molecular weight is 411 g/mol. The van der Waals surface area contributed by atoms with Crippen LogP contribution in [0, 0.1) is 12.9 Å². The number of nitrogens with two attached hydrogens (primary N) is 1. The van der Waals surface area contributed by atoms with E-state index in [4.69, 9.17) is 10.7 Å². The van der Waals surface area contributed by atoms with Gasteiger partial charge in [0.05, 0.1) is 25.6 Å². The summed E-state index contributed by atoms with van der Waals surface area (Å²) in [6.07, 6.45) is 3.76. The summed E-state index contributed by atoms with van der Waals surface area (Å²) in [6, 6.07) is 0. The van der Waals surface area contributed by atoms with Gasteiger partial charge in [0.1, 0.15) is 5.82 Å². The normalized spacial score (nSPS) is 18.4. The highest BCUT2D eigenvalue weighted by Crippen LogP contribution is 2.37. The molecule has 4 heterocycles. The highest BCUT2D eigenvalue weighted by molar-refractivity contribution is 9.10. The van der Waals surface area contributed by atoms with E-state index in [-0.39, 0.29) is 5.92 Å². The molecule has 3 aromatic heterocycles. The number of aromatic nitrogens is 4. The summed E-state index contributed by atoms with van der Waals surface area (Å²) in [7, 11) is 0. The Hall–Kier alpha value is -1.58. The van der Waals surface area contributed by atoms with Crippen molar-refractivity contribution in [1.29, 1.82) is 0 Å². The first-order valence-electron chi connectivity index (χ1n) is 7.73. The lowest BCUT2D eigenvalue weighted by molar-refractivity contribution is 0.453. The Morgan fingerprint density at radius 2 is 2.33 bits per heavy atom. The van der Waals surface area contributed by atoms with Crippen molar-refractivity contribution in [3.05, 3.63) is 27.3 Å². The number of hydrogen-bond acceptors (Lipinski definition) is 6. The number of nitrogens with zero attached hydrogens (tertiary/aromatic N) is 4. The maximum atomic E-state index is 14.5. The van der Waals surface area contributed by atoms with Gasteiger partial charge in [0, 0.05) is 18.7 Å². The molecule has 0 aliphatic carbocycles. The second kappa shape index (κ2) is 6.05. The molecule has 1 saturated heterocycles. The number of piperidine rings is 1. The Morgan fingerprint density at radius 3 is 3.00 bits per heavy atom. The van der Waals surface area contributed by atoms with E-state index in [0.29, 0.717) is 26.4 Å². The first-order valence-corrected chi connectivity index (χ1v) is 9.34. The Bertz CT molecular complexity index is 914. The number of hydrogen-bond donors (Lipinski definition) is 2. The minimum absolute atomic E-state index is 0.245. The molecule has 3 N–H and O–H groups in total. The second-order valence-corrected chi connectivity index (χ2v) is 7.91. The summed E-state index contributed by atoms with van der Waals surface area (Å²) in [5.41, 5.74) is 7.87. The van der Waals surface area contributed by atoms with Gasteiger partial charge >= 0.3 is 0 Å². The molecule has 126 valence electrons. The van der Waals surface area contributed by atoms with E-state index in [1.807, 2.05) is 6.92 Å². The van der Waals surface area contributed by atoms with E-state index in [9.17, 15) is 4.39 Å². The molecule has 4 rings (SSSR count). The van der Waals surface area contributed by atoms with Crippen LogP contribution in [0.2, 0.25) is 0 Å². The summed E-state index contributed by atoms with van der Waals surface area (Å²) >= 11 is 4.94. The van der Waals surface area contributed by atoms with Gasteiger partial charge in [-0.3, -0.25) is 0 Å². The number of rotatable bonds is 2. The van der Waals surface area contributed by atoms with E-state index in [2.05, 4.69) is 31.3 Å². The molecule has 1 aliphatic rings. The van der Waals surface area contributed by atoms with E-state index >= 15 is 0 Å². The van der Waals surface area contributed by atoms with Crippen LogP contribution in [0.5, 0.6) is 0 Å². The second-order valence-electron chi connectivity index (χ2n) is 5.88. The zero-order valence-corrected chi connectivity index (χ0v) is 15.4. The average Bonchev–Trinajstić information content (AvgIpc) is 3.14. The summed E-state index contributed by atoms with van der Waals surface area (Å²) < 4.78 is 16.6. The fourth-order valence-corrected chi connectivity index (χ4v) is 4.47.